The van der Waals surface area contributed by atoms with E-state index in [1.807, 2.05) is 83.1 Å². The summed E-state index contributed by atoms with van der Waals surface area (Å²) < 4.78 is 0. The molecular weight excluding hydrogens is 985 g/mol. The lowest BCUT2D eigenvalue weighted by molar-refractivity contribution is 0.138. The van der Waals surface area contributed by atoms with Crippen LogP contribution >= 0.6 is 0 Å². The van der Waals surface area contributed by atoms with Crippen molar-refractivity contribution in [1.29, 1.82) is 0 Å². The van der Waals surface area contributed by atoms with Gasteiger partial charge >= 0.3 is 0 Å². The molecule has 3 saturated heterocycles. The first-order chi connectivity index (χ1) is 40.1. The van der Waals surface area contributed by atoms with Gasteiger partial charge in [-0.05, 0) is 159 Å². The van der Waals surface area contributed by atoms with Crippen LogP contribution in [0.15, 0.2) is 182 Å². The van der Waals surface area contributed by atoms with Crippen molar-refractivity contribution >= 4 is 32.7 Å². The topological polar surface area (TPSA) is 57.1 Å². The molecule has 0 aliphatic carbocycles. The highest BCUT2D eigenvalue weighted by Crippen LogP contribution is 2.28. The minimum absolute atomic E-state index is 0.650. The molecule has 0 amide bonds. The Balaban J connectivity index is 0.000000239. The number of rotatable bonds is 12. The van der Waals surface area contributed by atoms with Crippen molar-refractivity contribution in [3.63, 3.8) is 0 Å². The monoisotopic (exact) mass is 1090 g/mol. The molecule has 3 fully saturated rings. The molecule has 6 nitrogen and oxygen atoms in total. The first-order valence-corrected chi connectivity index (χ1v) is 32.1. The normalized spacial score (nSPS) is 16.1. The molecule has 12 rings (SSSR count). The zero-order valence-corrected chi connectivity index (χ0v) is 52.6. The van der Waals surface area contributed by atoms with Crippen LogP contribution in [0.25, 0.3) is 32.7 Å². The number of benzene rings is 6. The summed E-state index contributed by atoms with van der Waals surface area (Å²) >= 11 is 0. The fourth-order valence-corrected chi connectivity index (χ4v) is 11.4. The summed E-state index contributed by atoms with van der Waals surface area (Å²) in [6.07, 6.45) is 12.8. The third-order valence-corrected chi connectivity index (χ3v) is 15.0. The highest BCUT2D eigenvalue weighted by molar-refractivity contribution is 5.81. The van der Waals surface area contributed by atoms with Crippen LogP contribution in [-0.2, 0) is 38.9 Å². The quantitative estimate of drug-likeness (QED) is 0.114. The molecule has 6 heterocycles. The van der Waals surface area contributed by atoms with Crippen molar-refractivity contribution in [2.45, 2.75) is 173 Å². The van der Waals surface area contributed by atoms with Gasteiger partial charge in [0, 0.05) is 72.3 Å². The van der Waals surface area contributed by atoms with Gasteiger partial charge in [-0.3, -0.25) is 14.7 Å². The van der Waals surface area contributed by atoms with Gasteiger partial charge < -0.3 is 15.0 Å². The summed E-state index contributed by atoms with van der Waals surface area (Å²) in [5.74, 6) is 1.58. The van der Waals surface area contributed by atoms with Gasteiger partial charge in [-0.2, -0.15) is 0 Å². The second kappa shape index (κ2) is 40.1. The second-order valence-electron chi connectivity index (χ2n) is 20.3. The maximum absolute atomic E-state index is 3.60. The smallest absolute Gasteiger partial charge is 0.0456 e. The van der Waals surface area contributed by atoms with E-state index in [4.69, 9.17) is 0 Å². The number of likely N-dealkylation sites (tertiary alicyclic amines) is 3. The van der Waals surface area contributed by atoms with Crippen molar-refractivity contribution in [3.8, 4) is 0 Å². The van der Waals surface area contributed by atoms with Crippen LogP contribution < -0.4 is 0 Å². The number of aromatic nitrogens is 3. The van der Waals surface area contributed by atoms with E-state index in [0.29, 0.717) is 6.04 Å². The maximum atomic E-state index is 3.60. The Labute approximate surface area is 493 Å². The molecular formula is C75H108N6. The lowest BCUT2D eigenvalue weighted by atomic mass is 9.92. The molecule has 2 unspecified atom stereocenters. The number of nitrogens with one attached hydrogen (secondary N) is 3. The molecule has 0 radical (unpaired) electrons. The van der Waals surface area contributed by atoms with Gasteiger partial charge in [0.1, 0.15) is 0 Å². The van der Waals surface area contributed by atoms with Crippen molar-refractivity contribution in [3.05, 3.63) is 216 Å². The zero-order valence-electron chi connectivity index (χ0n) is 52.6. The molecule has 3 N–H and O–H groups in total. The largest absolute Gasteiger partial charge is 0.358 e. The third kappa shape index (κ3) is 22.6. The Hall–Kier alpha value is -6.18. The van der Waals surface area contributed by atoms with E-state index in [9.17, 15) is 0 Å². The van der Waals surface area contributed by atoms with Crippen LogP contribution in [-0.4, -0.2) is 68.4 Å². The van der Waals surface area contributed by atoms with E-state index in [1.54, 1.807) is 0 Å². The lowest BCUT2D eigenvalue weighted by Gasteiger charge is -2.35. The molecule has 3 aromatic heterocycles. The highest BCUT2D eigenvalue weighted by atomic mass is 15.2. The molecule has 81 heavy (non-hydrogen) atoms. The third-order valence-electron chi connectivity index (χ3n) is 15.0. The Bertz CT molecular complexity index is 2810. The Morgan fingerprint density at radius 3 is 1.16 bits per heavy atom. The minimum Gasteiger partial charge on any atom is -0.358 e. The second-order valence-corrected chi connectivity index (χ2v) is 20.3. The van der Waals surface area contributed by atoms with Crippen LogP contribution in [0.1, 0.15) is 162 Å². The summed E-state index contributed by atoms with van der Waals surface area (Å²) in [5, 5.41) is 4.00. The van der Waals surface area contributed by atoms with Gasteiger partial charge in [0.15, 0.2) is 0 Å². The number of hydrogen-bond donors (Lipinski definition) is 3. The van der Waals surface area contributed by atoms with Gasteiger partial charge in [0.25, 0.3) is 0 Å². The Kier molecular flexibility index (Phi) is 33.3. The van der Waals surface area contributed by atoms with E-state index >= 15 is 0 Å². The first kappa shape index (κ1) is 67.3. The van der Waals surface area contributed by atoms with Crippen LogP contribution in [0.4, 0.5) is 0 Å². The van der Waals surface area contributed by atoms with Crippen molar-refractivity contribution in [2.75, 3.05) is 32.7 Å². The minimum atomic E-state index is 0.650. The van der Waals surface area contributed by atoms with Crippen molar-refractivity contribution in [1.82, 2.24) is 29.7 Å². The molecule has 9 aromatic rings. The number of piperidine rings is 3. The van der Waals surface area contributed by atoms with Crippen molar-refractivity contribution in [2.24, 2.45) is 11.8 Å². The number of H-pyrrole nitrogens is 3. The van der Waals surface area contributed by atoms with Gasteiger partial charge in [0.05, 0.1) is 0 Å². The summed E-state index contributed by atoms with van der Waals surface area (Å²) in [6.45, 7) is 33.4. The van der Waals surface area contributed by atoms with Crippen LogP contribution in [0.5, 0.6) is 0 Å². The summed E-state index contributed by atoms with van der Waals surface area (Å²) in [5.41, 5.74) is 12.2. The van der Waals surface area contributed by atoms with Gasteiger partial charge in [-0.25, -0.2) is 0 Å². The average Bonchev–Trinajstić information content (AvgIpc) is 4.29. The van der Waals surface area contributed by atoms with Gasteiger partial charge in [-0.15, -0.1) is 0 Å². The first-order valence-electron chi connectivity index (χ1n) is 32.1. The molecule has 0 bridgehead atoms. The van der Waals surface area contributed by atoms with Crippen molar-refractivity contribution < 1.29 is 0 Å². The standard InChI is InChI=1S/3C21H24N2.6C2H6/c1-2-8-17(9-3-1)16-23-13-7-6-11-20(23)15-19-14-18-10-4-5-12-21(18)22-19;1-2-7-17(8-3-1)15-23-12-6-9-18(16-23)13-20-14-19-10-4-5-11-21(19)22-20;1-2-6-18(7-3-1)16-23-12-10-17(11-13-23)14-20-15-19-8-4-5-9-21(19)22-20;6*1-2/h1-5,8-10,12,14,20,22H,6-7,11,13,15-16H2;1-5,7-8,10-11,14,18,22H,6,9,12-13,15-16H2;1-9,15,17,22H,10-14,16H2;6*1-2H3. The van der Waals surface area contributed by atoms with Gasteiger partial charge in [0.2, 0.25) is 0 Å². The van der Waals surface area contributed by atoms with E-state index in [0.717, 1.165) is 37.9 Å². The van der Waals surface area contributed by atoms with E-state index in [-0.39, 0.29) is 0 Å². The van der Waals surface area contributed by atoms with E-state index in [1.165, 1.54) is 157 Å². The highest BCUT2D eigenvalue weighted by Gasteiger charge is 2.24. The maximum Gasteiger partial charge on any atom is 0.0456 e. The number of fused-ring (bicyclic) bond motifs is 3. The SMILES string of the molecule is CC.CC.CC.CC.CC.CC.c1ccc(CN2CCC(Cc3cc4ccccc4[nH]3)CC2)cc1.c1ccc(CN2CCCC(Cc3cc4ccccc4[nH]3)C2)cc1.c1ccc(CN2CCCCC2Cc2cc3ccccc3[nH]2)cc1. The van der Waals surface area contributed by atoms with E-state index < -0.39 is 0 Å². The fraction of sp³-hybridized carbons (Fsp3) is 0.440. The lowest BCUT2D eigenvalue weighted by Crippen LogP contribution is -2.40. The molecule has 6 heteroatoms. The van der Waals surface area contributed by atoms with Crippen LogP contribution in [0, 0.1) is 11.8 Å². The molecule has 0 saturated carbocycles. The summed E-state index contributed by atoms with van der Waals surface area (Å²) in [4.78, 5) is 18.7. The fourth-order valence-electron chi connectivity index (χ4n) is 11.4. The predicted molar refractivity (Wildman–Crippen MR) is 357 cm³/mol. The Morgan fingerprint density at radius 2 is 0.716 bits per heavy atom. The van der Waals surface area contributed by atoms with Gasteiger partial charge in [-0.1, -0.05) is 235 Å². The number of para-hydroxylation sites is 3. The van der Waals surface area contributed by atoms with Crippen LogP contribution in [0.3, 0.4) is 0 Å². The average molecular weight is 1090 g/mol. The summed E-state index contributed by atoms with van der Waals surface area (Å²) in [7, 11) is 0. The van der Waals surface area contributed by atoms with E-state index in [2.05, 4.69) is 212 Å². The molecule has 0 spiro atoms. The molecule has 6 aromatic carbocycles. The molecule has 3 aliphatic rings. The molecule has 3 aliphatic heterocycles. The Morgan fingerprint density at radius 1 is 0.333 bits per heavy atom. The summed E-state index contributed by atoms with van der Waals surface area (Å²) in [6, 6.07) is 65.9. The number of aromatic amines is 3. The molecule has 438 valence electrons. The van der Waals surface area contributed by atoms with Crippen LogP contribution in [0.2, 0.25) is 0 Å². The predicted octanol–water partition coefficient (Wildman–Crippen LogP) is 20.2. The zero-order chi connectivity index (χ0) is 58.5. The number of nitrogens with zero attached hydrogens (tertiary/aromatic N) is 3. The molecule has 2 atom stereocenters. The number of hydrogen-bond acceptors (Lipinski definition) is 3.